The summed E-state index contributed by atoms with van der Waals surface area (Å²) in [7, 11) is 0. The number of hydrogen-bond acceptors (Lipinski definition) is 4. The van der Waals surface area contributed by atoms with Gasteiger partial charge in [-0.3, -0.25) is 10.1 Å². The number of aromatic hydroxyl groups is 1. The number of phenolic OH excluding ortho intramolecular Hbond substituents is 1. The molecule has 7 heteroatoms. The van der Waals surface area contributed by atoms with Crippen molar-refractivity contribution in [3.63, 3.8) is 0 Å². The topological polar surface area (TPSA) is 86.1 Å². The number of carbonyl (C=O) groups excluding carboxylic acids is 2. The number of carbonyl (C=O) groups is 2. The first-order valence-electron chi connectivity index (χ1n) is 8.03. The van der Waals surface area contributed by atoms with Gasteiger partial charge in [-0.15, -0.1) is 0 Å². The van der Waals surface area contributed by atoms with Crippen LogP contribution in [0.25, 0.3) is 0 Å². The Balaban J connectivity index is 1.73. The molecule has 0 atom stereocenters. The molecule has 0 saturated carbocycles. The summed E-state index contributed by atoms with van der Waals surface area (Å²) in [4.78, 5) is 26.7. The number of urea groups is 1. The van der Waals surface area contributed by atoms with Crippen LogP contribution >= 0.6 is 0 Å². The average Bonchev–Trinajstić information content (AvgIpc) is 2.54. The van der Waals surface area contributed by atoms with Crippen molar-refractivity contribution in [1.29, 1.82) is 0 Å². The number of phenols is 1. The van der Waals surface area contributed by atoms with Crippen molar-refractivity contribution in [2.75, 3.05) is 44.2 Å². The van der Waals surface area contributed by atoms with Crippen LogP contribution in [0.5, 0.6) is 5.75 Å². The number of hydrogen-bond donors (Lipinski definition) is 4. The Morgan fingerprint density at radius 2 is 1.87 bits per heavy atom. The fraction of sp³-hybridized carbons (Fsp3) is 0.500. The van der Waals surface area contributed by atoms with Crippen LogP contribution in [0.15, 0.2) is 24.3 Å². The highest BCUT2D eigenvalue weighted by Gasteiger charge is 2.23. The van der Waals surface area contributed by atoms with E-state index in [9.17, 15) is 14.7 Å². The molecule has 0 unspecified atom stereocenters. The Labute approximate surface area is 136 Å². The van der Waals surface area contributed by atoms with Crippen molar-refractivity contribution in [1.82, 2.24) is 10.6 Å². The Morgan fingerprint density at radius 1 is 1.22 bits per heavy atom. The van der Waals surface area contributed by atoms with Gasteiger partial charge in [0.25, 0.3) is 5.91 Å². The van der Waals surface area contributed by atoms with Gasteiger partial charge in [0.2, 0.25) is 0 Å². The molecule has 126 valence electrons. The molecule has 1 aliphatic heterocycles. The second kappa shape index (κ2) is 8.38. The van der Waals surface area contributed by atoms with Gasteiger partial charge >= 0.3 is 6.03 Å². The van der Waals surface area contributed by atoms with Crippen LogP contribution in [0.4, 0.5) is 10.5 Å². The van der Waals surface area contributed by atoms with Gasteiger partial charge in [-0.25, -0.2) is 4.79 Å². The number of benzene rings is 1. The smallest absolute Gasteiger partial charge is 0.321 e. The number of anilines is 1. The fourth-order valence-electron chi connectivity index (χ4n) is 2.60. The van der Waals surface area contributed by atoms with Gasteiger partial charge in [0.1, 0.15) is 5.75 Å². The van der Waals surface area contributed by atoms with Crippen molar-refractivity contribution >= 4 is 17.6 Å². The fourth-order valence-corrected chi connectivity index (χ4v) is 2.60. The minimum absolute atomic E-state index is 0.244. The van der Waals surface area contributed by atoms with Crippen molar-refractivity contribution in [2.24, 2.45) is 0 Å². The van der Waals surface area contributed by atoms with Crippen LogP contribution < -0.4 is 20.4 Å². The van der Waals surface area contributed by atoms with E-state index in [0.717, 1.165) is 38.3 Å². The highest BCUT2D eigenvalue weighted by Crippen LogP contribution is 2.17. The molecule has 0 spiro atoms. The maximum Gasteiger partial charge on any atom is 0.321 e. The third kappa shape index (κ3) is 5.45. The van der Waals surface area contributed by atoms with E-state index in [1.54, 1.807) is 12.1 Å². The lowest BCUT2D eigenvalue weighted by molar-refractivity contribution is -0.892. The summed E-state index contributed by atoms with van der Waals surface area (Å²) in [6, 6.07) is 6.73. The number of amides is 3. The lowest BCUT2D eigenvalue weighted by Gasteiger charge is -2.33. The molecule has 1 fully saturated rings. The van der Waals surface area contributed by atoms with Gasteiger partial charge in [0, 0.05) is 12.2 Å². The zero-order valence-electron chi connectivity index (χ0n) is 13.5. The minimum Gasteiger partial charge on any atom is -0.508 e. The zero-order valence-corrected chi connectivity index (χ0v) is 13.5. The Morgan fingerprint density at radius 3 is 2.48 bits per heavy atom. The van der Waals surface area contributed by atoms with E-state index in [1.165, 1.54) is 4.90 Å². The summed E-state index contributed by atoms with van der Waals surface area (Å²) >= 11 is 0. The van der Waals surface area contributed by atoms with Crippen LogP contribution in [-0.4, -0.2) is 56.3 Å². The molecular weight excluding hydrogens is 296 g/mol. The average molecular weight is 321 g/mol. The number of nitrogens with one attached hydrogen (secondary N) is 3. The third-order valence-electron chi connectivity index (χ3n) is 3.88. The van der Waals surface area contributed by atoms with Gasteiger partial charge in [-0.05, 0) is 30.7 Å². The molecule has 0 aromatic heterocycles. The van der Waals surface area contributed by atoms with E-state index in [2.05, 4.69) is 15.5 Å². The van der Waals surface area contributed by atoms with E-state index in [-0.39, 0.29) is 11.7 Å². The number of imide groups is 1. The summed E-state index contributed by atoms with van der Waals surface area (Å²) in [6.45, 7) is 6.20. The van der Waals surface area contributed by atoms with Gasteiger partial charge in [-0.2, -0.15) is 0 Å². The minimum atomic E-state index is -0.418. The first-order chi connectivity index (χ1) is 11.1. The molecule has 4 N–H and O–H groups in total. The number of rotatable bonds is 5. The summed E-state index contributed by atoms with van der Waals surface area (Å²) in [5.74, 6) is 0.0164. The summed E-state index contributed by atoms with van der Waals surface area (Å²) in [6.07, 6.45) is 0.839. The van der Waals surface area contributed by atoms with E-state index < -0.39 is 6.03 Å². The highest BCUT2D eigenvalue weighted by molar-refractivity contribution is 5.94. The lowest BCUT2D eigenvalue weighted by Crippen LogP contribution is -3.16. The number of nitrogens with zero attached hydrogens (tertiary/aromatic N) is 1. The van der Waals surface area contributed by atoms with Gasteiger partial charge < -0.3 is 20.2 Å². The Hall–Kier alpha value is -2.28. The maximum absolute atomic E-state index is 11.8. The maximum atomic E-state index is 11.8. The molecule has 0 aliphatic carbocycles. The Kier molecular flexibility index (Phi) is 6.22. The van der Waals surface area contributed by atoms with Gasteiger partial charge in [-0.1, -0.05) is 6.92 Å². The molecule has 1 aliphatic rings. The van der Waals surface area contributed by atoms with E-state index in [4.69, 9.17) is 0 Å². The molecule has 0 bridgehead atoms. The molecule has 1 aromatic carbocycles. The largest absolute Gasteiger partial charge is 0.508 e. The van der Waals surface area contributed by atoms with Crippen LogP contribution in [-0.2, 0) is 4.79 Å². The summed E-state index contributed by atoms with van der Waals surface area (Å²) in [5.41, 5.74) is 1.07. The normalized spacial score (nSPS) is 15.3. The molecule has 0 radical (unpaired) electrons. The van der Waals surface area contributed by atoms with Crippen LogP contribution in [0, 0.1) is 0 Å². The predicted molar refractivity (Wildman–Crippen MR) is 87.7 cm³/mol. The first kappa shape index (κ1) is 17.1. The molecule has 3 amide bonds. The summed E-state index contributed by atoms with van der Waals surface area (Å²) < 4.78 is 0. The zero-order chi connectivity index (χ0) is 16.7. The molecule has 2 rings (SSSR count). The standard InChI is InChI=1S/C16H24N4O3/c1-2-7-17-16(23)18-15(22)12-19-8-10-20(11-9-19)13-3-5-14(21)6-4-13/h3-6,21H,2,7-12H2,1H3,(H2,17,18,22,23)/p+1. The molecule has 23 heavy (non-hydrogen) atoms. The number of piperazine rings is 1. The summed E-state index contributed by atoms with van der Waals surface area (Å²) in [5, 5.41) is 14.3. The second-order valence-electron chi connectivity index (χ2n) is 5.73. The molecule has 1 aromatic rings. The van der Waals surface area contributed by atoms with E-state index in [1.807, 2.05) is 19.1 Å². The van der Waals surface area contributed by atoms with Crippen LogP contribution in [0.1, 0.15) is 13.3 Å². The molecular formula is C16H25N4O3+. The van der Waals surface area contributed by atoms with E-state index in [0.29, 0.717) is 13.1 Å². The monoisotopic (exact) mass is 321 g/mol. The number of quaternary nitrogens is 1. The van der Waals surface area contributed by atoms with Crippen molar-refractivity contribution in [3.8, 4) is 5.75 Å². The Bertz CT molecular complexity index is 525. The van der Waals surface area contributed by atoms with Gasteiger partial charge in [0.15, 0.2) is 6.54 Å². The third-order valence-corrected chi connectivity index (χ3v) is 3.88. The quantitative estimate of drug-likeness (QED) is 0.580. The van der Waals surface area contributed by atoms with Crippen molar-refractivity contribution in [2.45, 2.75) is 13.3 Å². The predicted octanol–water partition coefficient (Wildman–Crippen LogP) is -0.667. The molecule has 1 heterocycles. The second-order valence-corrected chi connectivity index (χ2v) is 5.73. The molecule has 7 nitrogen and oxygen atoms in total. The van der Waals surface area contributed by atoms with E-state index >= 15 is 0 Å². The van der Waals surface area contributed by atoms with Crippen LogP contribution in [0.3, 0.4) is 0 Å². The van der Waals surface area contributed by atoms with Crippen molar-refractivity contribution < 1.29 is 19.6 Å². The van der Waals surface area contributed by atoms with Crippen molar-refractivity contribution in [3.05, 3.63) is 24.3 Å². The van der Waals surface area contributed by atoms with Crippen LogP contribution in [0.2, 0.25) is 0 Å². The van der Waals surface area contributed by atoms with Gasteiger partial charge in [0.05, 0.1) is 26.2 Å². The highest BCUT2D eigenvalue weighted by atomic mass is 16.3. The molecule has 1 saturated heterocycles. The lowest BCUT2D eigenvalue weighted by atomic mass is 10.2. The SMILES string of the molecule is CCCNC(=O)NC(=O)C[NH+]1CCN(c2ccc(O)cc2)CC1. The first-order valence-corrected chi connectivity index (χ1v) is 8.03.